The van der Waals surface area contributed by atoms with Crippen LogP contribution in [0.5, 0.6) is 5.75 Å². The molecule has 2 aliphatic heterocycles. The number of morpholine rings is 1. The quantitative estimate of drug-likeness (QED) is 0.492. The third-order valence-electron chi connectivity index (χ3n) is 6.31. The fourth-order valence-electron chi connectivity index (χ4n) is 4.28. The van der Waals surface area contributed by atoms with Gasteiger partial charge in [-0.2, -0.15) is 10.1 Å². The lowest BCUT2D eigenvalue weighted by Gasteiger charge is -2.26. The summed E-state index contributed by atoms with van der Waals surface area (Å²) >= 11 is 6.42. The average molecular weight is 489 g/mol. The van der Waals surface area contributed by atoms with E-state index >= 15 is 0 Å². The molecule has 0 spiro atoms. The standard InChI is InChI=1S/C22H29ClN8O3/c1-15-16(23)13-17(34-14-20(32)29-9-11-33-12-10-29)21-24-18(26-31(15)21)5-6-19-25-22(27-28(19)2)30-7-3-4-8-30/h13H,3-12,14H2,1-2H3. The van der Waals surface area contributed by atoms with Gasteiger partial charge >= 0.3 is 0 Å². The van der Waals surface area contributed by atoms with Crippen molar-refractivity contribution in [3.63, 3.8) is 0 Å². The van der Waals surface area contributed by atoms with Crippen LogP contribution in [0.4, 0.5) is 5.95 Å². The van der Waals surface area contributed by atoms with E-state index < -0.39 is 0 Å². The zero-order chi connectivity index (χ0) is 23.7. The van der Waals surface area contributed by atoms with E-state index in [9.17, 15) is 4.79 Å². The fourth-order valence-corrected chi connectivity index (χ4v) is 4.46. The Morgan fingerprint density at radius 1 is 1.12 bits per heavy atom. The molecule has 12 heteroatoms. The van der Waals surface area contributed by atoms with Gasteiger partial charge in [0, 0.05) is 52.1 Å². The molecule has 2 saturated heterocycles. The number of anilines is 1. The summed E-state index contributed by atoms with van der Waals surface area (Å²) in [6.07, 6.45) is 3.62. The number of halogens is 1. The number of hydrogen-bond acceptors (Lipinski definition) is 8. The van der Waals surface area contributed by atoms with Gasteiger partial charge in [-0.05, 0) is 19.8 Å². The first-order valence-corrected chi connectivity index (χ1v) is 12.1. The van der Waals surface area contributed by atoms with E-state index in [2.05, 4.69) is 20.1 Å². The van der Waals surface area contributed by atoms with E-state index in [1.54, 1.807) is 15.5 Å². The van der Waals surface area contributed by atoms with Gasteiger partial charge in [0.15, 0.2) is 23.8 Å². The topological polar surface area (TPSA) is 103 Å². The molecule has 1 amide bonds. The molecule has 3 aromatic rings. The van der Waals surface area contributed by atoms with Gasteiger partial charge in [0.1, 0.15) is 5.82 Å². The molecule has 0 radical (unpaired) electrons. The molecule has 3 aromatic heterocycles. The average Bonchev–Trinajstić information content (AvgIpc) is 3.59. The summed E-state index contributed by atoms with van der Waals surface area (Å²) in [7, 11) is 1.92. The van der Waals surface area contributed by atoms with Crippen molar-refractivity contribution in [3.05, 3.63) is 28.4 Å². The number of carbonyl (C=O) groups is 1. The number of ether oxygens (including phenoxy) is 2. The van der Waals surface area contributed by atoms with Gasteiger partial charge in [-0.15, -0.1) is 5.10 Å². The van der Waals surface area contributed by atoms with Gasteiger partial charge in [-0.25, -0.2) is 9.50 Å². The van der Waals surface area contributed by atoms with Gasteiger partial charge in [0.25, 0.3) is 5.91 Å². The minimum absolute atomic E-state index is 0.0878. The third kappa shape index (κ3) is 4.67. The normalized spacial score (nSPS) is 16.6. The van der Waals surface area contributed by atoms with Gasteiger partial charge in [-0.3, -0.25) is 9.48 Å². The van der Waals surface area contributed by atoms with E-state index in [-0.39, 0.29) is 12.5 Å². The highest BCUT2D eigenvalue weighted by atomic mass is 35.5. The Bertz CT molecular complexity index is 1180. The largest absolute Gasteiger partial charge is 0.480 e. The van der Waals surface area contributed by atoms with Crippen molar-refractivity contribution >= 4 is 29.1 Å². The lowest BCUT2D eigenvalue weighted by atomic mass is 10.3. The van der Waals surface area contributed by atoms with Crippen LogP contribution in [0.3, 0.4) is 0 Å². The molecule has 0 atom stereocenters. The van der Waals surface area contributed by atoms with Crippen molar-refractivity contribution in [1.29, 1.82) is 0 Å². The Hall–Kier alpha value is -2.92. The Balaban J connectivity index is 1.30. The van der Waals surface area contributed by atoms with Gasteiger partial charge < -0.3 is 19.3 Å². The molecule has 0 N–H and O–H groups in total. The van der Waals surface area contributed by atoms with E-state index in [1.165, 1.54) is 12.8 Å². The first-order chi connectivity index (χ1) is 16.5. The third-order valence-corrected chi connectivity index (χ3v) is 6.69. The van der Waals surface area contributed by atoms with Gasteiger partial charge in [-0.1, -0.05) is 11.6 Å². The number of nitrogens with zero attached hydrogens (tertiary/aromatic N) is 8. The van der Waals surface area contributed by atoms with Crippen molar-refractivity contribution in [1.82, 2.24) is 34.3 Å². The zero-order valence-corrected chi connectivity index (χ0v) is 20.3. The molecule has 2 fully saturated rings. The van der Waals surface area contributed by atoms with Crippen LogP contribution >= 0.6 is 11.6 Å². The van der Waals surface area contributed by atoms with Crippen molar-refractivity contribution in [2.24, 2.45) is 7.05 Å². The van der Waals surface area contributed by atoms with E-state index in [0.29, 0.717) is 61.4 Å². The summed E-state index contributed by atoms with van der Waals surface area (Å²) in [5.74, 6) is 2.68. The lowest BCUT2D eigenvalue weighted by molar-refractivity contribution is -0.137. The Labute approximate surface area is 202 Å². The number of aryl methyl sites for hydroxylation is 4. The predicted octanol–water partition coefficient (Wildman–Crippen LogP) is 1.44. The van der Waals surface area contributed by atoms with Crippen LogP contribution in [0.25, 0.3) is 5.65 Å². The van der Waals surface area contributed by atoms with Crippen molar-refractivity contribution in [2.45, 2.75) is 32.6 Å². The predicted molar refractivity (Wildman–Crippen MR) is 125 cm³/mol. The molecule has 34 heavy (non-hydrogen) atoms. The number of rotatable bonds is 7. The minimum atomic E-state index is -0.0889. The summed E-state index contributed by atoms with van der Waals surface area (Å²) in [6.45, 7) is 6.04. The summed E-state index contributed by atoms with van der Waals surface area (Å²) in [4.78, 5) is 25.9. The SMILES string of the molecule is Cc1c(Cl)cc(OCC(=O)N2CCOCC2)c2nc(CCc3nc(N4CCCC4)nn3C)nn12. The van der Waals surface area contributed by atoms with Gasteiger partial charge in [0.2, 0.25) is 5.95 Å². The number of fused-ring (bicyclic) bond motifs is 1. The molecule has 0 unspecified atom stereocenters. The van der Waals surface area contributed by atoms with Crippen LogP contribution < -0.4 is 9.64 Å². The number of aromatic nitrogens is 6. The smallest absolute Gasteiger partial charge is 0.260 e. The molecule has 0 bridgehead atoms. The second-order valence-electron chi connectivity index (χ2n) is 8.63. The van der Waals surface area contributed by atoms with E-state index in [1.807, 2.05) is 18.7 Å². The Morgan fingerprint density at radius 2 is 1.88 bits per heavy atom. The molecule has 0 aliphatic carbocycles. The first kappa shape index (κ1) is 22.9. The number of pyridine rings is 1. The summed E-state index contributed by atoms with van der Waals surface area (Å²) in [5, 5.41) is 9.71. The molecule has 182 valence electrons. The first-order valence-electron chi connectivity index (χ1n) is 11.7. The zero-order valence-electron chi connectivity index (χ0n) is 19.5. The molecule has 5 rings (SSSR count). The highest BCUT2D eigenvalue weighted by molar-refractivity contribution is 6.31. The molecule has 0 saturated carbocycles. The van der Waals surface area contributed by atoms with E-state index in [0.717, 1.165) is 30.6 Å². The Morgan fingerprint density at radius 3 is 2.65 bits per heavy atom. The molecule has 5 heterocycles. The summed E-state index contributed by atoms with van der Waals surface area (Å²) < 4.78 is 14.7. The van der Waals surface area contributed by atoms with Crippen LogP contribution in [-0.4, -0.2) is 86.2 Å². The molecular formula is C22H29ClN8O3. The van der Waals surface area contributed by atoms with Crippen molar-refractivity contribution in [3.8, 4) is 5.75 Å². The second kappa shape index (κ2) is 9.75. The van der Waals surface area contributed by atoms with Crippen LogP contribution in [0.1, 0.15) is 30.2 Å². The molecule has 2 aliphatic rings. The fraction of sp³-hybridized carbons (Fsp3) is 0.591. The molecular weight excluding hydrogens is 460 g/mol. The van der Waals surface area contributed by atoms with Crippen LogP contribution in [0.2, 0.25) is 5.02 Å². The minimum Gasteiger partial charge on any atom is -0.480 e. The monoisotopic (exact) mass is 488 g/mol. The number of hydrogen-bond donors (Lipinski definition) is 0. The number of amides is 1. The molecule has 0 aromatic carbocycles. The summed E-state index contributed by atoms with van der Waals surface area (Å²) in [6, 6.07) is 1.70. The lowest BCUT2D eigenvalue weighted by Crippen LogP contribution is -2.43. The van der Waals surface area contributed by atoms with Crippen molar-refractivity contribution < 1.29 is 14.3 Å². The highest BCUT2D eigenvalue weighted by Gasteiger charge is 2.21. The summed E-state index contributed by atoms with van der Waals surface area (Å²) in [5.41, 5.74) is 1.31. The van der Waals surface area contributed by atoms with Crippen LogP contribution in [0, 0.1) is 6.92 Å². The Kier molecular flexibility index (Phi) is 6.55. The van der Waals surface area contributed by atoms with Crippen molar-refractivity contribution in [2.75, 3.05) is 50.9 Å². The second-order valence-corrected chi connectivity index (χ2v) is 9.04. The number of carbonyl (C=O) groups excluding carboxylic acids is 1. The maximum absolute atomic E-state index is 12.5. The van der Waals surface area contributed by atoms with E-state index in [4.69, 9.17) is 26.1 Å². The highest BCUT2D eigenvalue weighted by Crippen LogP contribution is 2.27. The molecule has 11 nitrogen and oxygen atoms in total. The van der Waals surface area contributed by atoms with Crippen LogP contribution in [-0.2, 0) is 29.4 Å². The van der Waals surface area contributed by atoms with Gasteiger partial charge in [0.05, 0.1) is 23.9 Å². The maximum atomic E-state index is 12.5. The van der Waals surface area contributed by atoms with Crippen LogP contribution in [0.15, 0.2) is 6.07 Å². The maximum Gasteiger partial charge on any atom is 0.260 e.